The van der Waals surface area contributed by atoms with Crippen molar-refractivity contribution in [2.24, 2.45) is 11.7 Å². The maximum Gasteiger partial charge on any atom is 0.408 e. The standard InChI is InChI=1S/C14H26N2O3/c1-13(2,3)19-12(18)16-14(4,11(15)17)10-8-6-5-7-9-10/h10H,5-9H2,1-4H3,(H2,15,17)(H,16,18). The van der Waals surface area contributed by atoms with Gasteiger partial charge in [-0.05, 0) is 46.5 Å². The van der Waals surface area contributed by atoms with E-state index >= 15 is 0 Å². The van der Waals surface area contributed by atoms with Crippen molar-refractivity contribution in [2.45, 2.75) is 70.9 Å². The van der Waals surface area contributed by atoms with E-state index in [1.165, 1.54) is 6.42 Å². The van der Waals surface area contributed by atoms with Crippen molar-refractivity contribution in [1.29, 1.82) is 0 Å². The first-order valence-electron chi connectivity index (χ1n) is 6.96. The SMILES string of the molecule is CC(C)(C)OC(=O)NC(C)(C(N)=O)C1CCCCC1. The smallest absolute Gasteiger partial charge is 0.408 e. The van der Waals surface area contributed by atoms with Gasteiger partial charge in [-0.25, -0.2) is 4.79 Å². The number of hydrogen-bond acceptors (Lipinski definition) is 3. The van der Waals surface area contributed by atoms with Crippen LogP contribution in [-0.4, -0.2) is 23.1 Å². The van der Waals surface area contributed by atoms with Crippen LogP contribution in [0, 0.1) is 5.92 Å². The number of rotatable bonds is 3. The lowest BCUT2D eigenvalue weighted by atomic mass is 9.75. The fourth-order valence-electron chi connectivity index (χ4n) is 2.56. The van der Waals surface area contributed by atoms with E-state index in [9.17, 15) is 9.59 Å². The fourth-order valence-corrected chi connectivity index (χ4v) is 2.56. The molecule has 0 spiro atoms. The normalized spacial score (nSPS) is 20.4. The molecule has 0 aromatic carbocycles. The monoisotopic (exact) mass is 270 g/mol. The van der Waals surface area contributed by atoms with E-state index < -0.39 is 23.1 Å². The van der Waals surface area contributed by atoms with E-state index in [1.807, 2.05) is 0 Å². The number of ether oxygens (including phenoxy) is 1. The Kier molecular flexibility index (Phi) is 4.82. The van der Waals surface area contributed by atoms with Crippen molar-refractivity contribution in [3.05, 3.63) is 0 Å². The highest BCUT2D eigenvalue weighted by Crippen LogP contribution is 2.32. The molecule has 0 aromatic heterocycles. The van der Waals surface area contributed by atoms with E-state index in [1.54, 1.807) is 27.7 Å². The number of alkyl carbamates (subject to hydrolysis) is 1. The second-order valence-electron chi connectivity index (χ2n) is 6.53. The van der Waals surface area contributed by atoms with Gasteiger partial charge in [0.1, 0.15) is 11.1 Å². The summed E-state index contributed by atoms with van der Waals surface area (Å²) >= 11 is 0. The summed E-state index contributed by atoms with van der Waals surface area (Å²) in [5, 5.41) is 2.68. The first-order chi connectivity index (χ1) is 8.65. The minimum atomic E-state index is -1.03. The van der Waals surface area contributed by atoms with Gasteiger partial charge in [0.25, 0.3) is 0 Å². The lowest BCUT2D eigenvalue weighted by molar-refractivity contribution is -0.126. The van der Waals surface area contributed by atoms with E-state index in [2.05, 4.69) is 5.32 Å². The summed E-state index contributed by atoms with van der Waals surface area (Å²) in [7, 11) is 0. The summed E-state index contributed by atoms with van der Waals surface area (Å²) in [4.78, 5) is 23.7. The maximum absolute atomic E-state index is 11.9. The minimum absolute atomic E-state index is 0.0891. The third kappa shape index (κ3) is 4.40. The highest BCUT2D eigenvalue weighted by atomic mass is 16.6. The molecule has 0 aromatic rings. The first-order valence-corrected chi connectivity index (χ1v) is 6.96. The van der Waals surface area contributed by atoms with E-state index in [-0.39, 0.29) is 5.92 Å². The van der Waals surface area contributed by atoms with Gasteiger partial charge >= 0.3 is 6.09 Å². The molecule has 0 bridgehead atoms. The van der Waals surface area contributed by atoms with Crippen LogP contribution in [0.4, 0.5) is 4.79 Å². The molecule has 1 rings (SSSR count). The van der Waals surface area contributed by atoms with Gasteiger partial charge in [0.15, 0.2) is 0 Å². The third-order valence-corrected chi connectivity index (χ3v) is 3.69. The van der Waals surface area contributed by atoms with Crippen LogP contribution in [0.25, 0.3) is 0 Å². The van der Waals surface area contributed by atoms with Crippen LogP contribution >= 0.6 is 0 Å². The number of primary amides is 1. The van der Waals surface area contributed by atoms with Crippen LogP contribution in [0.5, 0.6) is 0 Å². The molecule has 110 valence electrons. The Morgan fingerprint density at radius 3 is 2.05 bits per heavy atom. The van der Waals surface area contributed by atoms with Crippen LogP contribution in [0.1, 0.15) is 59.8 Å². The van der Waals surface area contributed by atoms with Crippen LogP contribution in [0.15, 0.2) is 0 Å². The van der Waals surface area contributed by atoms with Crippen LogP contribution in [0.3, 0.4) is 0 Å². The fraction of sp³-hybridized carbons (Fsp3) is 0.857. The van der Waals surface area contributed by atoms with Gasteiger partial charge in [0.2, 0.25) is 5.91 Å². The van der Waals surface area contributed by atoms with E-state index in [0.29, 0.717) is 0 Å². The number of carbonyl (C=O) groups is 2. The van der Waals surface area contributed by atoms with Gasteiger partial charge < -0.3 is 15.8 Å². The number of hydrogen-bond donors (Lipinski definition) is 2. The summed E-state index contributed by atoms with van der Waals surface area (Å²) in [6.45, 7) is 7.06. The molecule has 1 fully saturated rings. The molecule has 1 unspecified atom stereocenters. The molecule has 1 saturated carbocycles. The second-order valence-corrected chi connectivity index (χ2v) is 6.53. The summed E-state index contributed by atoms with van der Waals surface area (Å²) < 4.78 is 5.22. The van der Waals surface area contributed by atoms with Crippen molar-refractivity contribution >= 4 is 12.0 Å². The Labute approximate surface area is 115 Å². The molecule has 19 heavy (non-hydrogen) atoms. The number of nitrogens with one attached hydrogen (secondary N) is 1. The average molecular weight is 270 g/mol. The Hall–Kier alpha value is -1.26. The molecule has 3 N–H and O–H groups in total. The summed E-state index contributed by atoms with van der Waals surface area (Å²) in [5.41, 5.74) is 3.89. The lowest BCUT2D eigenvalue weighted by Gasteiger charge is -2.38. The molecule has 0 saturated heterocycles. The van der Waals surface area contributed by atoms with Crippen molar-refractivity contribution < 1.29 is 14.3 Å². The predicted octanol–water partition coefficient (Wildman–Crippen LogP) is 2.34. The number of carbonyl (C=O) groups excluding carboxylic acids is 2. The largest absolute Gasteiger partial charge is 0.444 e. The average Bonchev–Trinajstić information content (AvgIpc) is 2.27. The molecule has 0 radical (unpaired) electrons. The predicted molar refractivity (Wildman–Crippen MR) is 73.5 cm³/mol. The molecular formula is C14H26N2O3. The molecule has 0 aliphatic heterocycles. The van der Waals surface area contributed by atoms with Crippen LogP contribution in [-0.2, 0) is 9.53 Å². The summed E-state index contributed by atoms with van der Waals surface area (Å²) in [5.74, 6) is -0.406. The first kappa shape index (κ1) is 15.8. The zero-order chi connectivity index (χ0) is 14.7. The Morgan fingerprint density at radius 2 is 1.63 bits per heavy atom. The maximum atomic E-state index is 11.9. The highest BCUT2D eigenvalue weighted by Gasteiger charge is 2.42. The highest BCUT2D eigenvalue weighted by molar-refractivity contribution is 5.88. The molecule has 2 amide bonds. The van der Waals surface area contributed by atoms with Crippen molar-refractivity contribution in [1.82, 2.24) is 5.32 Å². The minimum Gasteiger partial charge on any atom is -0.444 e. The molecule has 5 nitrogen and oxygen atoms in total. The Balaban J connectivity index is 2.76. The zero-order valence-corrected chi connectivity index (χ0v) is 12.4. The van der Waals surface area contributed by atoms with Crippen LogP contribution in [0.2, 0.25) is 0 Å². The number of amides is 2. The quantitative estimate of drug-likeness (QED) is 0.825. The Morgan fingerprint density at radius 1 is 1.11 bits per heavy atom. The number of nitrogens with two attached hydrogens (primary N) is 1. The van der Waals surface area contributed by atoms with Crippen molar-refractivity contribution in [3.63, 3.8) is 0 Å². The van der Waals surface area contributed by atoms with Gasteiger partial charge in [-0.3, -0.25) is 4.79 Å². The van der Waals surface area contributed by atoms with Crippen LogP contribution < -0.4 is 11.1 Å². The Bertz CT molecular complexity index is 343. The summed E-state index contributed by atoms with van der Waals surface area (Å²) in [6, 6.07) is 0. The van der Waals surface area contributed by atoms with Gasteiger partial charge in [-0.2, -0.15) is 0 Å². The topological polar surface area (TPSA) is 81.4 Å². The molecule has 0 heterocycles. The molecular weight excluding hydrogens is 244 g/mol. The van der Waals surface area contributed by atoms with E-state index in [4.69, 9.17) is 10.5 Å². The van der Waals surface area contributed by atoms with Gasteiger partial charge in [0.05, 0.1) is 0 Å². The van der Waals surface area contributed by atoms with Crippen molar-refractivity contribution in [2.75, 3.05) is 0 Å². The molecule has 1 aliphatic rings. The summed E-state index contributed by atoms with van der Waals surface area (Å²) in [6.07, 6.45) is 4.56. The third-order valence-electron chi connectivity index (χ3n) is 3.69. The van der Waals surface area contributed by atoms with Crippen molar-refractivity contribution in [3.8, 4) is 0 Å². The van der Waals surface area contributed by atoms with Gasteiger partial charge in [-0.1, -0.05) is 19.3 Å². The van der Waals surface area contributed by atoms with E-state index in [0.717, 1.165) is 25.7 Å². The van der Waals surface area contributed by atoms with Gasteiger partial charge in [-0.15, -0.1) is 0 Å². The lowest BCUT2D eigenvalue weighted by Crippen LogP contribution is -2.60. The molecule has 1 atom stereocenters. The molecule has 1 aliphatic carbocycles. The zero-order valence-electron chi connectivity index (χ0n) is 12.4. The second kappa shape index (κ2) is 5.80. The molecule has 5 heteroatoms. The van der Waals surface area contributed by atoms with Gasteiger partial charge in [0, 0.05) is 0 Å².